The fourth-order valence-electron chi connectivity index (χ4n) is 2.42. The average molecular weight is 382 g/mol. The predicted molar refractivity (Wildman–Crippen MR) is 93.9 cm³/mol. The Labute approximate surface area is 155 Å². The third-order valence-corrected chi connectivity index (χ3v) is 3.99. The molecule has 1 amide bonds. The van der Waals surface area contributed by atoms with Crippen LogP contribution >= 0.6 is 11.6 Å². The van der Waals surface area contributed by atoms with Crippen LogP contribution in [0.1, 0.15) is 41.7 Å². The summed E-state index contributed by atoms with van der Waals surface area (Å²) < 4.78 is 31.1. The van der Waals surface area contributed by atoms with Crippen molar-refractivity contribution in [3.05, 3.63) is 70.2 Å². The normalized spacial score (nSPS) is 11.7. The molecule has 0 aliphatic heterocycles. The second-order valence-electron chi connectivity index (χ2n) is 5.64. The number of hydrogen-bond donors (Lipinski definition) is 1. The Morgan fingerprint density at radius 1 is 1.15 bits per heavy atom. The average Bonchev–Trinajstić information content (AvgIpc) is 2.63. The van der Waals surface area contributed by atoms with Gasteiger partial charge in [-0.25, -0.2) is 13.6 Å². The monoisotopic (exact) mass is 381 g/mol. The van der Waals surface area contributed by atoms with Gasteiger partial charge >= 0.3 is 5.97 Å². The van der Waals surface area contributed by atoms with Gasteiger partial charge in [0.15, 0.2) is 18.2 Å². The van der Waals surface area contributed by atoms with Gasteiger partial charge in [0.05, 0.1) is 16.6 Å². The molecule has 0 saturated carbocycles. The standard InChI is InChI=1S/C19H18ClF2NO3/c1-2-6-17(12-7-4-3-5-8-12)23-18(24)11-26-19(25)13-9-15(21)16(22)10-14(13)20/h3-5,7-10,17H,2,6,11H2,1H3,(H,23,24)/t17-/m1/s1. The minimum absolute atomic E-state index is 0.209. The first-order valence-electron chi connectivity index (χ1n) is 8.08. The number of amides is 1. The lowest BCUT2D eigenvalue weighted by Crippen LogP contribution is -2.32. The maximum Gasteiger partial charge on any atom is 0.340 e. The fraction of sp³-hybridized carbons (Fsp3) is 0.263. The molecule has 138 valence electrons. The van der Waals surface area contributed by atoms with Gasteiger partial charge in [0.25, 0.3) is 5.91 Å². The summed E-state index contributed by atoms with van der Waals surface area (Å²) in [5.41, 5.74) is 0.601. The lowest BCUT2D eigenvalue weighted by Gasteiger charge is -2.18. The van der Waals surface area contributed by atoms with Gasteiger partial charge in [0.1, 0.15) is 0 Å². The molecule has 0 spiro atoms. The molecule has 4 nitrogen and oxygen atoms in total. The molecule has 2 aromatic carbocycles. The first kappa shape index (κ1) is 19.8. The molecule has 1 N–H and O–H groups in total. The highest BCUT2D eigenvalue weighted by Gasteiger charge is 2.19. The number of carbonyl (C=O) groups is 2. The first-order valence-corrected chi connectivity index (χ1v) is 8.46. The van der Waals surface area contributed by atoms with Crippen LogP contribution in [-0.4, -0.2) is 18.5 Å². The number of esters is 1. The van der Waals surface area contributed by atoms with Crippen LogP contribution in [0.25, 0.3) is 0 Å². The summed E-state index contributed by atoms with van der Waals surface area (Å²) in [6.07, 6.45) is 1.57. The summed E-state index contributed by atoms with van der Waals surface area (Å²) in [6.45, 7) is 1.44. The number of benzene rings is 2. The number of nitrogens with one attached hydrogen (secondary N) is 1. The van der Waals surface area contributed by atoms with Crippen LogP contribution in [0.4, 0.5) is 8.78 Å². The SMILES string of the molecule is CCC[C@@H](NC(=O)COC(=O)c1cc(F)c(F)cc1Cl)c1ccccc1. The van der Waals surface area contributed by atoms with E-state index >= 15 is 0 Å². The Hall–Kier alpha value is -2.47. The molecule has 0 aliphatic rings. The topological polar surface area (TPSA) is 55.4 Å². The van der Waals surface area contributed by atoms with Crippen LogP contribution in [0.15, 0.2) is 42.5 Å². The van der Waals surface area contributed by atoms with Crippen molar-refractivity contribution in [2.24, 2.45) is 0 Å². The largest absolute Gasteiger partial charge is 0.452 e. The minimum Gasteiger partial charge on any atom is -0.452 e. The van der Waals surface area contributed by atoms with E-state index in [1.54, 1.807) is 0 Å². The smallest absolute Gasteiger partial charge is 0.340 e. The van der Waals surface area contributed by atoms with E-state index in [1.807, 2.05) is 37.3 Å². The summed E-state index contributed by atoms with van der Waals surface area (Å²) in [5.74, 6) is -3.90. The number of halogens is 3. The zero-order valence-electron chi connectivity index (χ0n) is 14.1. The molecule has 1 atom stereocenters. The molecular weight excluding hydrogens is 364 g/mol. The van der Waals surface area contributed by atoms with Gasteiger partial charge in [-0.2, -0.15) is 0 Å². The predicted octanol–water partition coefficient (Wildman–Crippen LogP) is 4.43. The van der Waals surface area contributed by atoms with E-state index in [-0.39, 0.29) is 16.6 Å². The van der Waals surface area contributed by atoms with Crippen molar-refractivity contribution in [2.45, 2.75) is 25.8 Å². The van der Waals surface area contributed by atoms with E-state index in [4.69, 9.17) is 16.3 Å². The van der Waals surface area contributed by atoms with Crippen molar-refractivity contribution in [3.8, 4) is 0 Å². The summed E-state index contributed by atoms with van der Waals surface area (Å²) in [5, 5.41) is 2.50. The Bertz CT molecular complexity index is 784. The number of hydrogen-bond acceptors (Lipinski definition) is 3. The Balaban J connectivity index is 1.97. The van der Waals surface area contributed by atoms with E-state index in [2.05, 4.69) is 5.32 Å². The molecular formula is C19H18ClF2NO3. The van der Waals surface area contributed by atoms with Crippen LogP contribution < -0.4 is 5.32 Å². The minimum atomic E-state index is -1.22. The third kappa shape index (κ3) is 5.26. The van der Waals surface area contributed by atoms with Crippen molar-refractivity contribution >= 4 is 23.5 Å². The maximum absolute atomic E-state index is 13.2. The lowest BCUT2D eigenvalue weighted by molar-refractivity contribution is -0.125. The van der Waals surface area contributed by atoms with Gasteiger partial charge in [0.2, 0.25) is 0 Å². The molecule has 0 radical (unpaired) electrons. The molecule has 0 bridgehead atoms. The summed E-state index contributed by atoms with van der Waals surface area (Å²) in [6, 6.07) is 10.5. The first-order chi connectivity index (χ1) is 12.4. The summed E-state index contributed by atoms with van der Waals surface area (Å²) in [4.78, 5) is 24.0. The van der Waals surface area contributed by atoms with Crippen LogP contribution in [-0.2, 0) is 9.53 Å². The molecule has 2 aromatic rings. The van der Waals surface area contributed by atoms with Gasteiger partial charge < -0.3 is 10.1 Å². The highest BCUT2D eigenvalue weighted by Crippen LogP contribution is 2.21. The van der Waals surface area contributed by atoms with Gasteiger partial charge in [-0.1, -0.05) is 55.3 Å². The van der Waals surface area contributed by atoms with Gasteiger partial charge in [-0.15, -0.1) is 0 Å². The number of ether oxygens (including phenoxy) is 1. The third-order valence-electron chi connectivity index (χ3n) is 3.68. The summed E-state index contributed by atoms with van der Waals surface area (Å²) in [7, 11) is 0. The molecule has 0 saturated heterocycles. The Morgan fingerprint density at radius 2 is 1.81 bits per heavy atom. The molecule has 26 heavy (non-hydrogen) atoms. The number of carbonyl (C=O) groups excluding carboxylic acids is 2. The molecule has 2 rings (SSSR count). The highest BCUT2D eigenvalue weighted by molar-refractivity contribution is 6.33. The van der Waals surface area contributed by atoms with E-state index in [9.17, 15) is 18.4 Å². The van der Waals surface area contributed by atoms with Crippen molar-refractivity contribution < 1.29 is 23.1 Å². The van der Waals surface area contributed by atoms with Gasteiger partial charge in [-0.05, 0) is 24.1 Å². The van der Waals surface area contributed by atoms with Crippen LogP contribution in [0.2, 0.25) is 5.02 Å². The zero-order chi connectivity index (χ0) is 19.1. The van der Waals surface area contributed by atoms with Gasteiger partial charge in [0, 0.05) is 0 Å². The molecule has 0 heterocycles. The lowest BCUT2D eigenvalue weighted by atomic mass is 10.0. The molecule has 7 heteroatoms. The van der Waals surface area contributed by atoms with E-state index in [0.717, 1.165) is 18.4 Å². The quantitative estimate of drug-likeness (QED) is 0.570. The second-order valence-corrected chi connectivity index (χ2v) is 6.05. The van der Waals surface area contributed by atoms with Crippen molar-refractivity contribution in [1.29, 1.82) is 0 Å². The van der Waals surface area contributed by atoms with Crippen LogP contribution in [0.5, 0.6) is 0 Å². The number of rotatable bonds is 7. The van der Waals surface area contributed by atoms with E-state index in [0.29, 0.717) is 12.1 Å². The van der Waals surface area contributed by atoms with Crippen molar-refractivity contribution in [3.63, 3.8) is 0 Å². The molecule has 0 aliphatic carbocycles. The highest BCUT2D eigenvalue weighted by atomic mass is 35.5. The Kier molecular flexibility index (Phi) is 7.09. The van der Waals surface area contributed by atoms with Crippen LogP contribution in [0.3, 0.4) is 0 Å². The molecule has 0 fully saturated rings. The van der Waals surface area contributed by atoms with Gasteiger partial charge in [-0.3, -0.25) is 4.79 Å². The van der Waals surface area contributed by atoms with Crippen molar-refractivity contribution in [1.82, 2.24) is 5.32 Å². The molecule has 0 unspecified atom stereocenters. The molecule has 0 aromatic heterocycles. The van der Waals surface area contributed by atoms with E-state index < -0.39 is 30.1 Å². The second kappa shape index (κ2) is 9.29. The Morgan fingerprint density at radius 3 is 2.46 bits per heavy atom. The summed E-state index contributed by atoms with van der Waals surface area (Å²) >= 11 is 5.71. The maximum atomic E-state index is 13.2. The zero-order valence-corrected chi connectivity index (χ0v) is 14.9. The van der Waals surface area contributed by atoms with E-state index in [1.165, 1.54) is 0 Å². The van der Waals surface area contributed by atoms with Crippen LogP contribution in [0, 0.1) is 11.6 Å². The van der Waals surface area contributed by atoms with Crippen molar-refractivity contribution in [2.75, 3.05) is 6.61 Å². The fourth-order valence-corrected chi connectivity index (χ4v) is 2.65.